The Hall–Kier alpha value is -1.36. The van der Waals surface area contributed by atoms with E-state index in [0.29, 0.717) is 21.0 Å². The number of rotatable bonds is 5. The van der Waals surface area contributed by atoms with Gasteiger partial charge in [0.1, 0.15) is 0 Å². The second kappa shape index (κ2) is 8.74. The first-order valence-electron chi connectivity index (χ1n) is 6.63. The van der Waals surface area contributed by atoms with Gasteiger partial charge in [0.15, 0.2) is 0 Å². The fraction of sp³-hybridized carbons (Fsp3) is 0.438. The molecule has 1 aromatic rings. The van der Waals surface area contributed by atoms with E-state index in [9.17, 15) is 4.79 Å². The van der Waals surface area contributed by atoms with Gasteiger partial charge in [-0.3, -0.25) is 0 Å². The quantitative estimate of drug-likeness (QED) is 0.361. The molecule has 1 atom stereocenters. The lowest BCUT2D eigenvalue weighted by molar-refractivity contribution is 0.0524. The van der Waals surface area contributed by atoms with Crippen molar-refractivity contribution in [1.29, 1.82) is 0 Å². The largest absolute Gasteiger partial charge is 0.462 e. The number of carbonyl (C=O) groups excluding carboxylic acids is 1. The first-order chi connectivity index (χ1) is 9.60. The van der Waals surface area contributed by atoms with Gasteiger partial charge >= 0.3 is 5.97 Å². The molecule has 1 unspecified atom stereocenters. The highest BCUT2D eigenvalue weighted by molar-refractivity contribution is 7.32. The minimum Gasteiger partial charge on any atom is -0.462 e. The van der Waals surface area contributed by atoms with Crippen molar-refractivity contribution >= 4 is 14.8 Å². The van der Waals surface area contributed by atoms with Gasteiger partial charge in [-0.25, -0.2) is 4.79 Å². The predicted molar refractivity (Wildman–Crippen MR) is 83.6 cm³/mol. The summed E-state index contributed by atoms with van der Waals surface area (Å²) in [5.74, 6) is 5.99. The molecule has 0 radical (unpaired) electrons. The lowest BCUT2D eigenvalue weighted by Crippen LogP contribution is -2.09. The van der Waals surface area contributed by atoms with Gasteiger partial charge in [-0.15, -0.1) is 0 Å². The zero-order valence-electron chi connectivity index (χ0n) is 12.5. The molecule has 108 valence electrons. The SMILES string of the molecule is CCOC(=O)c1c(C)cc(C#CCCPOC)cc1C. The van der Waals surface area contributed by atoms with Crippen molar-refractivity contribution in [1.82, 2.24) is 0 Å². The van der Waals surface area contributed by atoms with Crippen LogP contribution in [0.1, 0.15) is 40.4 Å². The third-order valence-electron chi connectivity index (χ3n) is 2.74. The molecule has 0 fully saturated rings. The maximum atomic E-state index is 11.9. The maximum absolute atomic E-state index is 11.9. The van der Waals surface area contributed by atoms with Gasteiger partial charge in [0, 0.05) is 34.1 Å². The second-order valence-electron chi connectivity index (χ2n) is 4.36. The Morgan fingerprint density at radius 1 is 1.30 bits per heavy atom. The maximum Gasteiger partial charge on any atom is 0.338 e. The Labute approximate surface area is 122 Å². The van der Waals surface area contributed by atoms with E-state index < -0.39 is 0 Å². The molecule has 0 aliphatic rings. The van der Waals surface area contributed by atoms with Gasteiger partial charge in [0.05, 0.1) is 12.2 Å². The van der Waals surface area contributed by atoms with Crippen molar-refractivity contribution in [3.05, 3.63) is 34.4 Å². The molecule has 0 bridgehead atoms. The van der Waals surface area contributed by atoms with Gasteiger partial charge in [0.25, 0.3) is 0 Å². The lowest BCUT2D eigenvalue weighted by Gasteiger charge is -2.09. The first kappa shape index (κ1) is 16.7. The number of esters is 1. The highest BCUT2D eigenvalue weighted by Gasteiger charge is 2.13. The molecule has 0 saturated heterocycles. The summed E-state index contributed by atoms with van der Waals surface area (Å²) in [7, 11) is 2.21. The van der Waals surface area contributed by atoms with Crippen LogP contribution in [0.25, 0.3) is 0 Å². The molecule has 1 aromatic carbocycles. The van der Waals surface area contributed by atoms with Crippen LogP contribution in [-0.2, 0) is 9.26 Å². The number of ether oxygens (including phenoxy) is 1. The molecule has 0 aromatic heterocycles. The first-order valence-corrected chi connectivity index (χ1v) is 7.74. The Kier molecular flexibility index (Phi) is 7.30. The average Bonchev–Trinajstić information content (AvgIpc) is 2.38. The molecular weight excluding hydrogens is 271 g/mol. The lowest BCUT2D eigenvalue weighted by atomic mass is 9.99. The summed E-state index contributed by atoms with van der Waals surface area (Å²) in [6.45, 7) is 6.02. The van der Waals surface area contributed by atoms with E-state index in [1.807, 2.05) is 32.9 Å². The van der Waals surface area contributed by atoms with Crippen molar-refractivity contribution in [2.75, 3.05) is 19.9 Å². The van der Waals surface area contributed by atoms with Crippen molar-refractivity contribution in [2.45, 2.75) is 27.2 Å². The Bertz CT molecular complexity index is 503. The van der Waals surface area contributed by atoms with Gasteiger partial charge in [-0.2, -0.15) is 0 Å². The molecule has 0 aliphatic carbocycles. The van der Waals surface area contributed by atoms with Gasteiger partial charge in [-0.05, 0) is 44.0 Å². The van der Waals surface area contributed by atoms with Gasteiger partial charge < -0.3 is 9.26 Å². The third-order valence-corrected chi connectivity index (χ3v) is 3.48. The number of hydrogen-bond donors (Lipinski definition) is 0. The molecule has 0 aliphatic heterocycles. The van der Waals surface area contributed by atoms with Gasteiger partial charge in [0.2, 0.25) is 0 Å². The molecule has 1 rings (SSSR count). The normalized spacial score (nSPS) is 10.4. The summed E-state index contributed by atoms with van der Waals surface area (Å²) in [5.41, 5.74) is 3.41. The molecule has 3 nitrogen and oxygen atoms in total. The summed E-state index contributed by atoms with van der Waals surface area (Å²) in [6, 6.07) is 3.87. The fourth-order valence-corrected chi connectivity index (χ4v) is 2.37. The number of carbonyl (C=O) groups is 1. The zero-order chi connectivity index (χ0) is 15.0. The highest BCUT2D eigenvalue weighted by Crippen LogP contribution is 2.17. The Morgan fingerprint density at radius 2 is 1.95 bits per heavy atom. The second-order valence-corrected chi connectivity index (χ2v) is 5.55. The summed E-state index contributed by atoms with van der Waals surface area (Å²) in [5, 5.41) is 0. The van der Waals surface area contributed by atoms with Crippen LogP contribution in [0, 0.1) is 25.7 Å². The summed E-state index contributed by atoms with van der Waals surface area (Å²) in [4.78, 5) is 11.9. The smallest absolute Gasteiger partial charge is 0.338 e. The molecule has 4 heteroatoms. The Balaban J connectivity index is 2.85. The number of hydrogen-bond acceptors (Lipinski definition) is 3. The van der Waals surface area contributed by atoms with E-state index in [4.69, 9.17) is 9.26 Å². The summed E-state index contributed by atoms with van der Waals surface area (Å²) >= 11 is 0. The summed E-state index contributed by atoms with van der Waals surface area (Å²) < 4.78 is 10.1. The van der Waals surface area contributed by atoms with E-state index in [0.717, 1.165) is 29.3 Å². The van der Waals surface area contributed by atoms with Crippen LogP contribution in [0.15, 0.2) is 12.1 Å². The Morgan fingerprint density at radius 3 is 2.50 bits per heavy atom. The molecule has 0 spiro atoms. The van der Waals surface area contributed by atoms with Crippen molar-refractivity contribution < 1.29 is 14.1 Å². The molecule has 20 heavy (non-hydrogen) atoms. The van der Waals surface area contributed by atoms with Crippen LogP contribution >= 0.6 is 8.81 Å². The van der Waals surface area contributed by atoms with Crippen molar-refractivity contribution in [2.24, 2.45) is 0 Å². The zero-order valence-corrected chi connectivity index (χ0v) is 13.5. The highest BCUT2D eigenvalue weighted by atomic mass is 31.1. The minimum atomic E-state index is -0.261. The van der Waals surface area contributed by atoms with Crippen LogP contribution in [0.5, 0.6) is 0 Å². The van der Waals surface area contributed by atoms with Crippen LogP contribution in [0.2, 0.25) is 0 Å². The van der Waals surface area contributed by atoms with Gasteiger partial charge in [-0.1, -0.05) is 11.8 Å². The monoisotopic (exact) mass is 292 g/mol. The van der Waals surface area contributed by atoms with Crippen LogP contribution < -0.4 is 0 Å². The van der Waals surface area contributed by atoms with Crippen molar-refractivity contribution in [3.63, 3.8) is 0 Å². The number of aryl methyl sites for hydroxylation is 2. The predicted octanol–water partition coefficient (Wildman–Crippen LogP) is 3.46. The standard InChI is InChI=1S/C16H21O3P/c1-5-19-16(17)15-12(2)10-14(11-13(15)3)8-6-7-9-20-18-4/h10-11,20H,5,7,9H2,1-4H3. The fourth-order valence-electron chi connectivity index (χ4n) is 1.94. The number of benzene rings is 1. The van der Waals surface area contributed by atoms with Crippen molar-refractivity contribution in [3.8, 4) is 11.8 Å². The molecule has 0 saturated carbocycles. The van der Waals surface area contributed by atoms with Crippen LogP contribution in [0.3, 0.4) is 0 Å². The molecular formula is C16H21O3P. The third kappa shape index (κ3) is 4.96. The topological polar surface area (TPSA) is 35.5 Å². The van der Waals surface area contributed by atoms with E-state index in [1.165, 1.54) is 0 Å². The van der Waals surface area contributed by atoms with E-state index >= 15 is 0 Å². The van der Waals surface area contributed by atoms with E-state index in [1.54, 1.807) is 7.11 Å². The van der Waals surface area contributed by atoms with E-state index in [2.05, 4.69) is 11.8 Å². The minimum absolute atomic E-state index is 0.261. The molecule has 0 heterocycles. The molecule has 0 amide bonds. The average molecular weight is 292 g/mol. The van der Waals surface area contributed by atoms with Crippen LogP contribution in [-0.4, -0.2) is 25.8 Å². The summed E-state index contributed by atoms with van der Waals surface area (Å²) in [6.07, 6.45) is 1.78. The molecule has 0 N–H and O–H groups in total. The van der Waals surface area contributed by atoms with E-state index in [-0.39, 0.29) is 5.97 Å². The van der Waals surface area contributed by atoms with Crippen LogP contribution in [0.4, 0.5) is 0 Å².